The minimum absolute atomic E-state index is 0.00240. The highest BCUT2D eigenvalue weighted by molar-refractivity contribution is 5.46. The van der Waals surface area contributed by atoms with Crippen LogP contribution in [0.25, 0.3) is 0 Å². The molecule has 4 saturated heterocycles. The molecule has 11 atom stereocenters. The van der Waals surface area contributed by atoms with E-state index in [-0.39, 0.29) is 117 Å². The molecule has 0 saturated carbocycles. The van der Waals surface area contributed by atoms with E-state index in [0.717, 1.165) is 93.9 Å². The van der Waals surface area contributed by atoms with E-state index in [0.29, 0.717) is 49.4 Å². The third kappa shape index (κ3) is 23.7. The molecule has 608 valence electrons. The highest BCUT2D eigenvalue weighted by atomic mass is 16.6. The maximum atomic E-state index is 12.0. The zero-order valence-corrected chi connectivity index (χ0v) is 68.3. The quantitative estimate of drug-likeness (QED) is 0.0260. The van der Waals surface area contributed by atoms with Crippen LogP contribution >= 0.6 is 0 Å². The molecule has 8 aromatic rings. The van der Waals surface area contributed by atoms with Crippen LogP contribution in [-0.4, -0.2) is 209 Å². The number of hydrogen-bond acceptors (Lipinski definition) is 19. The minimum atomic E-state index is -0.961. The van der Waals surface area contributed by atoms with E-state index in [2.05, 4.69) is 178 Å². The minimum Gasteiger partial charge on any atom is -0.491 e. The van der Waals surface area contributed by atoms with Crippen molar-refractivity contribution < 1.29 is 82.0 Å². The van der Waals surface area contributed by atoms with E-state index >= 15 is 0 Å². The Kier molecular flexibility index (Phi) is 28.0. The molecule has 11 unspecified atom stereocenters. The van der Waals surface area contributed by atoms with Gasteiger partial charge >= 0.3 is 0 Å². The Labute approximate surface area is 669 Å². The molecule has 113 heavy (non-hydrogen) atoms. The van der Waals surface area contributed by atoms with Gasteiger partial charge in [-0.05, 0) is 175 Å². The second-order valence-corrected chi connectivity index (χ2v) is 33.8. The zero-order chi connectivity index (χ0) is 80.1. The molecule has 12 rings (SSSR count). The molecule has 0 amide bonds. The number of benzene rings is 8. The molecule has 4 fully saturated rings. The summed E-state index contributed by atoms with van der Waals surface area (Å²) >= 11 is 0. The Balaban J connectivity index is 0.696. The van der Waals surface area contributed by atoms with Gasteiger partial charge in [-0.1, -0.05) is 159 Å². The molecule has 4 aliphatic rings. The van der Waals surface area contributed by atoms with Gasteiger partial charge in [0.2, 0.25) is 0 Å². The van der Waals surface area contributed by atoms with Crippen LogP contribution in [0.15, 0.2) is 194 Å². The summed E-state index contributed by atoms with van der Waals surface area (Å²) in [6.45, 7) is 34.0. The summed E-state index contributed by atoms with van der Waals surface area (Å²) in [5.74, 6) is 5.54. The fourth-order valence-corrected chi connectivity index (χ4v) is 14.1. The number of aliphatic hydroxyl groups is 4. The monoisotopic (exact) mass is 1550 g/mol. The lowest BCUT2D eigenvalue weighted by molar-refractivity contribution is -0.0720. The summed E-state index contributed by atoms with van der Waals surface area (Å²) in [6, 6.07) is 64.5. The Morgan fingerprint density at radius 3 is 0.699 bits per heavy atom. The summed E-state index contributed by atoms with van der Waals surface area (Å²) in [6.07, 6.45) is -3.53. The van der Waals surface area contributed by atoms with Gasteiger partial charge in [-0.15, -0.1) is 0 Å². The first-order chi connectivity index (χ1) is 54.0. The van der Waals surface area contributed by atoms with Crippen LogP contribution in [0.5, 0.6) is 46.0 Å². The number of nitrogens with zero attached hydrogens (tertiary/aromatic N) is 2. The average Bonchev–Trinajstić information content (AvgIpc) is 1.81. The molecular weight excluding hydrogens is 1430 g/mol. The van der Waals surface area contributed by atoms with Gasteiger partial charge < -0.3 is 82.0 Å². The second-order valence-electron chi connectivity index (χ2n) is 33.8. The lowest BCUT2D eigenvalue weighted by Gasteiger charge is -2.45. The Hall–Kier alpha value is -8.28. The van der Waals surface area contributed by atoms with Gasteiger partial charge in [0.1, 0.15) is 148 Å². The Morgan fingerprint density at radius 2 is 0.496 bits per heavy atom. The number of ether oxygens (including phenoxy) is 13. The predicted octanol–water partition coefficient (Wildman–Crippen LogP) is 14.0. The molecule has 19 nitrogen and oxygen atoms in total. The van der Waals surface area contributed by atoms with Crippen molar-refractivity contribution in [1.82, 2.24) is 9.80 Å². The van der Waals surface area contributed by atoms with Crippen molar-refractivity contribution in [2.75, 3.05) is 112 Å². The fourth-order valence-electron chi connectivity index (χ4n) is 14.1. The molecule has 19 heteroatoms. The highest BCUT2D eigenvalue weighted by Crippen LogP contribution is 2.39. The van der Waals surface area contributed by atoms with Crippen molar-refractivity contribution in [3.8, 4) is 46.0 Å². The Morgan fingerprint density at radius 1 is 0.301 bits per heavy atom. The van der Waals surface area contributed by atoms with E-state index in [1.165, 1.54) is 0 Å². The number of epoxide rings is 4. The van der Waals surface area contributed by atoms with Crippen molar-refractivity contribution in [3.05, 3.63) is 239 Å². The van der Waals surface area contributed by atoms with Gasteiger partial charge in [0.15, 0.2) is 0 Å². The topological polar surface area (TPSA) is 221 Å². The van der Waals surface area contributed by atoms with E-state index in [1.54, 1.807) is 0 Å². The standard InChI is InChI=1S/C94H120N2O17/c1-63(94(12,13)96(48-76(99)53-104-80-34-18-68(19-35-80)92(8,9)72-26-42-84(43-27-72)108-57-88-61-112-88)49-77(100)54-105-81-36-20-69(21-37-81)93(10,11)73-28-44-85(45-29-73)109-58-89-62-113-89)50-101-65(3)64(2)95(46-74(97)51-102-78-30-14-66(15-31-78)90(4,5)70-22-38-82(39-23-70)106-55-86-59-110-86)47-75(98)52-103-79-32-16-67(17-33-79)91(6,7)71-24-40-83(41-25-71)107-56-87-60-111-87/h14-45,63-65,74-77,86-89,97-100H,46-62H2,1-13H3. The maximum absolute atomic E-state index is 12.0. The van der Waals surface area contributed by atoms with Crippen molar-refractivity contribution in [2.24, 2.45) is 5.92 Å². The van der Waals surface area contributed by atoms with Gasteiger partial charge in [-0.3, -0.25) is 9.80 Å². The third-order valence-electron chi connectivity index (χ3n) is 23.4. The lowest BCUT2D eigenvalue weighted by Crippen LogP contribution is -2.56. The molecule has 0 bridgehead atoms. The van der Waals surface area contributed by atoms with Gasteiger partial charge in [0.25, 0.3) is 0 Å². The van der Waals surface area contributed by atoms with Gasteiger partial charge in [-0.2, -0.15) is 0 Å². The average molecular weight is 1550 g/mol. The molecule has 0 aromatic heterocycles. The number of aliphatic hydroxyl groups excluding tert-OH is 4. The maximum Gasteiger partial charge on any atom is 0.119 e. The van der Waals surface area contributed by atoms with E-state index in [1.807, 2.05) is 116 Å². The molecule has 4 heterocycles. The van der Waals surface area contributed by atoms with Crippen LogP contribution < -0.4 is 37.9 Å². The highest BCUT2D eigenvalue weighted by Gasteiger charge is 2.38. The number of rotatable bonds is 47. The summed E-state index contributed by atoms with van der Waals surface area (Å²) in [7, 11) is 0. The normalized spacial score (nSPS) is 18.8. The summed E-state index contributed by atoms with van der Waals surface area (Å²) in [4.78, 5) is 4.14. The number of β-amino-alcohol motifs (C(OH)–C–C–N with tert-alkyl or cyclic N) is 2. The summed E-state index contributed by atoms with van der Waals surface area (Å²) < 4.78 is 77.0. The van der Waals surface area contributed by atoms with Crippen LogP contribution in [0, 0.1) is 5.92 Å². The van der Waals surface area contributed by atoms with Crippen molar-refractivity contribution in [1.29, 1.82) is 0 Å². The lowest BCUT2D eigenvalue weighted by atomic mass is 9.78. The molecular formula is C94H120N2O17. The smallest absolute Gasteiger partial charge is 0.119 e. The Bertz CT molecular complexity index is 3940. The molecule has 0 aliphatic carbocycles. The van der Waals surface area contributed by atoms with Crippen LogP contribution in [0.2, 0.25) is 0 Å². The van der Waals surface area contributed by atoms with Crippen LogP contribution in [0.3, 0.4) is 0 Å². The SMILES string of the molecule is CC(OCC(C)C(C)(C)N(CC(O)COc1ccc(C(C)(C)c2ccc(OCC3CO3)cc2)cc1)CC(O)COc1ccc(C(C)(C)c2ccc(OCC3CO3)cc2)cc1)C(C)N(CC(O)COc1ccc(C(C)(C)c2ccc(OCC3CO3)cc2)cc1)CC(O)COc1ccc(C(C)(C)c2ccc(OCC3CO3)cc2)cc1. The molecule has 0 spiro atoms. The van der Waals surface area contributed by atoms with E-state index < -0.39 is 36.1 Å². The first-order valence-electron chi connectivity index (χ1n) is 40.2. The second kappa shape index (κ2) is 37.5. The molecule has 8 aromatic carbocycles. The molecule has 4 aliphatic heterocycles. The van der Waals surface area contributed by atoms with Crippen molar-refractivity contribution >= 4 is 0 Å². The van der Waals surface area contributed by atoms with E-state index in [9.17, 15) is 20.4 Å². The molecule has 0 radical (unpaired) electrons. The fraction of sp³-hybridized carbons (Fsp3) is 0.489. The van der Waals surface area contributed by atoms with Gasteiger partial charge in [-0.25, -0.2) is 0 Å². The summed E-state index contributed by atoms with van der Waals surface area (Å²) in [5.41, 5.74) is 7.03. The van der Waals surface area contributed by atoms with E-state index in [4.69, 9.17) is 61.6 Å². The number of hydrogen-bond donors (Lipinski definition) is 4. The van der Waals surface area contributed by atoms with Crippen LogP contribution in [0.4, 0.5) is 0 Å². The largest absolute Gasteiger partial charge is 0.491 e. The first-order valence-corrected chi connectivity index (χ1v) is 40.2. The van der Waals surface area contributed by atoms with Crippen LogP contribution in [0.1, 0.15) is 135 Å². The van der Waals surface area contributed by atoms with Crippen molar-refractivity contribution in [2.45, 2.75) is 178 Å². The zero-order valence-electron chi connectivity index (χ0n) is 68.3. The van der Waals surface area contributed by atoms with Crippen LogP contribution in [-0.2, 0) is 45.3 Å². The van der Waals surface area contributed by atoms with Gasteiger partial charge in [0.05, 0.1) is 39.1 Å². The van der Waals surface area contributed by atoms with Crippen molar-refractivity contribution in [3.63, 3.8) is 0 Å². The first kappa shape index (κ1) is 84.1. The summed E-state index contributed by atoms with van der Waals surface area (Å²) in [5, 5.41) is 47.9. The van der Waals surface area contributed by atoms with Gasteiger partial charge in [0, 0.05) is 59.4 Å². The molecule has 4 N–H and O–H groups in total. The predicted molar refractivity (Wildman–Crippen MR) is 438 cm³/mol. The third-order valence-corrected chi connectivity index (χ3v) is 23.4.